The van der Waals surface area contributed by atoms with Gasteiger partial charge in [0.1, 0.15) is 5.76 Å². The highest BCUT2D eigenvalue weighted by Crippen LogP contribution is 2.35. The first-order valence-electron chi connectivity index (χ1n) is 5.96. The molecular weight excluding hydrogens is 280 g/mol. The molecule has 0 spiro atoms. The highest BCUT2D eigenvalue weighted by molar-refractivity contribution is 7.10. The van der Waals surface area contributed by atoms with Gasteiger partial charge in [-0.15, -0.1) is 11.3 Å². The second kappa shape index (κ2) is 5.92. The zero-order valence-electron chi connectivity index (χ0n) is 11.1. The molecule has 1 N–H and O–H groups in total. The van der Waals surface area contributed by atoms with Crippen LogP contribution in [-0.2, 0) is 9.53 Å². The number of aromatic hydroxyl groups is 1. The smallest absolute Gasteiger partial charge is 0.306 e. The van der Waals surface area contributed by atoms with Crippen LogP contribution in [0, 0.1) is 6.92 Å². The molecule has 0 saturated heterocycles. The maximum Gasteiger partial charge on any atom is 0.306 e. The van der Waals surface area contributed by atoms with E-state index in [9.17, 15) is 14.7 Å². The molecule has 2 aromatic rings. The van der Waals surface area contributed by atoms with Crippen molar-refractivity contribution >= 4 is 17.3 Å². The summed E-state index contributed by atoms with van der Waals surface area (Å²) in [5, 5.41) is 11.8. The Morgan fingerprint density at radius 3 is 2.90 bits per heavy atom. The molecule has 2 heterocycles. The van der Waals surface area contributed by atoms with Crippen LogP contribution >= 0.6 is 11.3 Å². The molecule has 0 aromatic carbocycles. The van der Waals surface area contributed by atoms with E-state index in [4.69, 9.17) is 4.42 Å². The molecule has 0 radical (unpaired) electrons. The summed E-state index contributed by atoms with van der Waals surface area (Å²) < 4.78 is 10.1. The van der Waals surface area contributed by atoms with Crippen LogP contribution in [0.3, 0.4) is 0 Å². The highest BCUT2D eigenvalue weighted by Gasteiger charge is 2.26. The van der Waals surface area contributed by atoms with Crippen LogP contribution in [0.2, 0.25) is 0 Å². The van der Waals surface area contributed by atoms with Gasteiger partial charge in [0.2, 0.25) is 11.2 Å². The Balaban J connectivity index is 2.52. The minimum Gasteiger partial charge on any atom is -0.502 e. The van der Waals surface area contributed by atoms with E-state index in [1.165, 1.54) is 24.5 Å². The van der Waals surface area contributed by atoms with E-state index in [0.717, 1.165) is 4.88 Å². The molecule has 0 amide bonds. The molecule has 1 atom stereocenters. The summed E-state index contributed by atoms with van der Waals surface area (Å²) in [7, 11) is 1.29. The predicted octanol–water partition coefficient (Wildman–Crippen LogP) is 2.41. The van der Waals surface area contributed by atoms with Gasteiger partial charge in [-0.05, 0) is 18.4 Å². The molecule has 0 aliphatic rings. The molecule has 5 nitrogen and oxygen atoms in total. The molecule has 0 fully saturated rings. The highest BCUT2D eigenvalue weighted by atomic mass is 32.1. The van der Waals surface area contributed by atoms with Crippen LogP contribution in [-0.4, -0.2) is 18.2 Å². The normalized spacial score (nSPS) is 12.1. The van der Waals surface area contributed by atoms with Gasteiger partial charge in [-0.1, -0.05) is 6.07 Å². The van der Waals surface area contributed by atoms with Crippen molar-refractivity contribution < 1.29 is 19.1 Å². The van der Waals surface area contributed by atoms with Gasteiger partial charge >= 0.3 is 5.97 Å². The Morgan fingerprint density at radius 2 is 2.30 bits per heavy atom. The van der Waals surface area contributed by atoms with Crippen LogP contribution in [0.4, 0.5) is 0 Å². The van der Waals surface area contributed by atoms with Crippen molar-refractivity contribution in [1.82, 2.24) is 0 Å². The van der Waals surface area contributed by atoms with Crippen LogP contribution in [0.25, 0.3) is 0 Å². The van der Waals surface area contributed by atoms with E-state index in [1.807, 2.05) is 17.5 Å². The van der Waals surface area contributed by atoms with E-state index in [1.54, 1.807) is 6.92 Å². The van der Waals surface area contributed by atoms with Crippen LogP contribution in [0.1, 0.15) is 28.7 Å². The molecular formula is C14H14O5S. The van der Waals surface area contributed by atoms with Gasteiger partial charge in [0.25, 0.3) is 0 Å². The van der Waals surface area contributed by atoms with Crippen molar-refractivity contribution in [3.05, 3.63) is 50.2 Å². The molecule has 0 aliphatic carbocycles. The zero-order chi connectivity index (χ0) is 14.7. The van der Waals surface area contributed by atoms with Gasteiger partial charge in [-0.3, -0.25) is 9.59 Å². The maximum absolute atomic E-state index is 11.7. The Hall–Kier alpha value is -2.08. The minimum absolute atomic E-state index is 0.00301. The molecule has 106 valence electrons. The van der Waals surface area contributed by atoms with Crippen molar-refractivity contribution in [3.63, 3.8) is 0 Å². The molecule has 0 saturated carbocycles. The number of esters is 1. The number of hydrogen-bond acceptors (Lipinski definition) is 6. The van der Waals surface area contributed by atoms with Crippen LogP contribution in [0.15, 0.2) is 32.8 Å². The van der Waals surface area contributed by atoms with Gasteiger partial charge in [-0.25, -0.2) is 0 Å². The SMILES string of the molecule is COC(=O)C[C@@H](c1cccs1)c1oc(C)cc(=O)c1O. The first kappa shape index (κ1) is 14.3. The van der Waals surface area contributed by atoms with E-state index >= 15 is 0 Å². The summed E-state index contributed by atoms with van der Waals surface area (Å²) in [6.07, 6.45) is -0.00301. The monoisotopic (exact) mass is 294 g/mol. The standard InChI is InChI=1S/C14H14O5S/c1-8-6-10(15)13(17)14(19-8)9(7-12(16)18-2)11-4-3-5-20-11/h3-6,9,17H,7H2,1-2H3/t9-/m0/s1. The number of thiophene rings is 1. The second-order valence-corrected chi connectivity index (χ2v) is 5.26. The number of carbonyl (C=O) groups excluding carboxylic acids is 1. The summed E-state index contributed by atoms with van der Waals surface area (Å²) >= 11 is 1.42. The summed E-state index contributed by atoms with van der Waals surface area (Å²) in [6, 6.07) is 4.86. The zero-order valence-corrected chi connectivity index (χ0v) is 11.9. The summed E-state index contributed by atoms with van der Waals surface area (Å²) in [5.74, 6) is -0.947. The third-order valence-electron chi connectivity index (χ3n) is 2.87. The number of hydrogen-bond donors (Lipinski definition) is 1. The Kier molecular flexibility index (Phi) is 4.24. The molecule has 20 heavy (non-hydrogen) atoms. The van der Waals surface area contributed by atoms with Crippen molar-refractivity contribution in [2.45, 2.75) is 19.3 Å². The summed E-state index contributed by atoms with van der Waals surface area (Å²) in [6.45, 7) is 1.62. The quantitative estimate of drug-likeness (QED) is 0.876. The molecule has 0 bridgehead atoms. The molecule has 0 aliphatic heterocycles. The lowest BCUT2D eigenvalue weighted by molar-refractivity contribution is -0.140. The molecule has 2 aromatic heterocycles. The lowest BCUT2D eigenvalue weighted by Gasteiger charge is -2.14. The number of carbonyl (C=O) groups is 1. The van der Waals surface area contributed by atoms with E-state index in [-0.39, 0.29) is 12.2 Å². The van der Waals surface area contributed by atoms with Crippen LogP contribution < -0.4 is 5.43 Å². The fraction of sp³-hybridized carbons (Fsp3) is 0.286. The largest absolute Gasteiger partial charge is 0.502 e. The molecule has 6 heteroatoms. The van der Waals surface area contributed by atoms with E-state index in [2.05, 4.69) is 4.74 Å². The van der Waals surface area contributed by atoms with Crippen molar-refractivity contribution in [2.24, 2.45) is 0 Å². The van der Waals surface area contributed by atoms with E-state index < -0.39 is 23.1 Å². The van der Waals surface area contributed by atoms with Gasteiger partial charge in [0.15, 0.2) is 5.76 Å². The number of rotatable bonds is 4. The average molecular weight is 294 g/mol. The third kappa shape index (κ3) is 2.91. The van der Waals surface area contributed by atoms with Crippen molar-refractivity contribution in [2.75, 3.05) is 7.11 Å². The van der Waals surface area contributed by atoms with Gasteiger partial charge in [0.05, 0.1) is 19.4 Å². The summed E-state index contributed by atoms with van der Waals surface area (Å²) in [5.41, 5.74) is -0.518. The number of methoxy groups -OCH3 is 1. The summed E-state index contributed by atoms with van der Waals surface area (Å²) in [4.78, 5) is 24.0. The fourth-order valence-corrected chi connectivity index (χ4v) is 2.75. The lowest BCUT2D eigenvalue weighted by atomic mass is 9.99. The van der Waals surface area contributed by atoms with Gasteiger partial charge in [0, 0.05) is 10.9 Å². The Bertz CT molecular complexity index is 657. The van der Waals surface area contributed by atoms with Crippen molar-refractivity contribution in [3.8, 4) is 5.75 Å². The average Bonchev–Trinajstić information content (AvgIpc) is 2.94. The predicted molar refractivity (Wildman–Crippen MR) is 74.2 cm³/mol. The van der Waals surface area contributed by atoms with Gasteiger partial charge in [-0.2, -0.15) is 0 Å². The molecule has 2 rings (SSSR count). The second-order valence-electron chi connectivity index (χ2n) is 4.28. The number of aryl methyl sites for hydroxylation is 1. The fourth-order valence-electron chi connectivity index (χ4n) is 1.92. The van der Waals surface area contributed by atoms with Gasteiger partial charge < -0.3 is 14.3 Å². The van der Waals surface area contributed by atoms with Crippen molar-refractivity contribution in [1.29, 1.82) is 0 Å². The first-order valence-corrected chi connectivity index (χ1v) is 6.84. The Labute approximate surface area is 119 Å². The molecule has 0 unspecified atom stereocenters. The lowest BCUT2D eigenvalue weighted by Crippen LogP contribution is -2.12. The Morgan fingerprint density at radius 1 is 1.55 bits per heavy atom. The number of ether oxygens (including phenoxy) is 1. The topological polar surface area (TPSA) is 76.7 Å². The van der Waals surface area contributed by atoms with E-state index in [0.29, 0.717) is 5.76 Å². The van der Waals surface area contributed by atoms with Crippen LogP contribution in [0.5, 0.6) is 5.75 Å². The first-order chi connectivity index (χ1) is 9.52. The minimum atomic E-state index is -0.532. The maximum atomic E-state index is 11.7. The third-order valence-corrected chi connectivity index (χ3v) is 3.86.